The van der Waals surface area contributed by atoms with Crippen LogP contribution in [0.2, 0.25) is 0 Å². The van der Waals surface area contributed by atoms with E-state index in [1.165, 1.54) is 0 Å². The first-order chi connectivity index (χ1) is 15.0. The van der Waals surface area contributed by atoms with Gasteiger partial charge in [-0.15, -0.1) is 0 Å². The number of nitrogens with zero attached hydrogens (tertiary/aromatic N) is 1. The van der Waals surface area contributed by atoms with Gasteiger partial charge in [-0.2, -0.15) is 0 Å². The highest BCUT2D eigenvalue weighted by atomic mass is 32.2. The van der Waals surface area contributed by atoms with Crippen LogP contribution in [0, 0.1) is 0 Å². The van der Waals surface area contributed by atoms with Crippen LogP contribution in [-0.4, -0.2) is 19.3 Å². The monoisotopic (exact) mass is 431 g/mol. The zero-order valence-electron chi connectivity index (χ0n) is 16.7. The summed E-state index contributed by atoms with van der Waals surface area (Å²) in [6.45, 7) is 0.436. The molecule has 0 fully saturated rings. The van der Waals surface area contributed by atoms with Crippen molar-refractivity contribution in [2.45, 2.75) is 17.9 Å². The minimum Gasteiger partial charge on any atom is -0.352 e. The lowest BCUT2D eigenvalue weighted by atomic mass is 10.1. The average Bonchev–Trinajstić information content (AvgIpc) is 2.79. The first-order valence-corrected chi connectivity index (χ1v) is 11.2. The van der Waals surface area contributed by atoms with Crippen LogP contribution in [0.3, 0.4) is 0 Å². The number of rotatable bonds is 7. The van der Waals surface area contributed by atoms with Gasteiger partial charge in [0.05, 0.1) is 11.3 Å². The zero-order valence-corrected chi connectivity index (χ0v) is 17.5. The Morgan fingerprint density at radius 3 is 2.26 bits per heavy atom. The molecule has 0 radical (unpaired) electrons. The number of sulfonamides is 1. The van der Waals surface area contributed by atoms with Gasteiger partial charge >= 0.3 is 0 Å². The molecular weight excluding hydrogens is 410 g/mol. The zero-order chi connectivity index (χ0) is 21.7. The molecule has 3 aromatic carbocycles. The minimum absolute atomic E-state index is 0.110. The van der Waals surface area contributed by atoms with Crippen molar-refractivity contribution in [2.75, 3.05) is 4.72 Å². The van der Waals surface area contributed by atoms with Gasteiger partial charge in [-0.1, -0.05) is 42.5 Å². The number of carbonyl (C=O) groups is 1. The van der Waals surface area contributed by atoms with E-state index >= 15 is 0 Å². The Bertz CT molecular complexity index is 1310. The van der Waals surface area contributed by atoms with Gasteiger partial charge in [0, 0.05) is 24.6 Å². The van der Waals surface area contributed by atoms with Crippen LogP contribution < -0.4 is 10.0 Å². The molecule has 31 heavy (non-hydrogen) atoms. The molecule has 0 saturated carbocycles. The van der Waals surface area contributed by atoms with Crippen molar-refractivity contribution in [3.05, 3.63) is 102 Å². The van der Waals surface area contributed by atoms with E-state index in [2.05, 4.69) is 15.0 Å². The third-order valence-corrected chi connectivity index (χ3v) is 6.22. The van der Waals surface area contributed by atoms with Crippen molar-refractivity contribution in [3.8, 4) is 0 Å². The number of amides is 1. The van der Waals surface area contributed by atoms with Gasteiger partial charge < -0.3 is 5.32 Å². The van der Waals surface area contributed by atoms with Gasteiger partial charge in [0.25, 0.3) is 10.0 Å². The number of fused-ring (bicyclic) bond motifs is 1. The summed E-state index contributed by atoms with van der Waals surface area (Å²) in [6.07, 6.45) is 3.57. The molecule has 0 spiro atoms. The lowest BCUT2D eigenvalue weighted by Crippen LogP contribution is -2.24. The van der Waals surface area contributed by atoms with Crippen LogP contribution in [0.15, 0.2) is 96.2 Å². The van der Waals surface area contributed by atoms with Crippen molar-refractivity contribution in [1.29, 1.82) is 0 Å². The van der Waals surface area contributed by atoms with Crippen LogP contribution in [0.1, 0.15) is 11.1 Å². The van der Waals surface area contributed by atoms with Gasteiger partial charge in [-0.25, -0.2) is 8.42 Å². The lowest BCUT2D eigenvalue weighted by molar-refractivity contribution is -0.120. The van der Waals surface area contributed by atoms with E-state index in [0.717, 1.165) is 21.9 Å². The highest BCUT2D eigenvalue weighted by Gasteiger charge is 2.15. The molecule has 0 unspecified atom stereocenters. The van der Waals surface area contributed by atoms with Gasteiger partial charge in [-0.05, 0) is 58.3 Å². The second-order valence-corrected chi connectivity index (χ2v) is 8.80. The van der Waals surface area contributed by atoms with E-state index in [1.807, 2.05) is 36.4 Å². The van der Waals surface area contributed by atoms with Gasteiger partial charge in [0.2, 0.25) is 5.91 Å². The van der Waals surface area contributed by atoms with Gasteiger partial charge in [0.1, 0.15) is 0 Å². The standard InChI is InChI=1S/C24H21N3O3S/c28-24(26-17-19-11-13-25-14-12-19)15-18-5-8-22(9-6-18)27-31(29,30)23-10-7-20-3-1-2-4-21(20)16-23/h1-14,16,27H,15,17H2,(H,26,28). The molecule has 4 rings (SSSR count). The predicted octanol–water partition coefficient (Wildman–Crippen LogP) is 3.89. The highest BCUT2D eigenvalue weighted by Crippen LogP contribution is 2.21. The summed E-state index contributed by atoms with van der Waals surface area (Å²) >= 11 is 0. The topological polar surface area (TPSA) is 88.2 Å². The molecule has 1 heterocycles. The molecule has 4 aromatic rings. The third kappa shape index (κ3) is 5.26. The second kappa shape index (κ2) is 8.97. The Morgan fingerprint density at radius 1 is 0.806 bits per heavy atom. The van der Waals surface area contributed by atoms with Crippen LogP contribution in [0.4, 0.5) is 5.69 Å². The molecule has 0 aliphatic rings. The van der Waals surface area contributed by atoms with Crippen molar-refractivity contribution >= 4 is 32.4 Å². The minimum atomic E-state index is -3.71. The maximum absolute atomic E-state index is 12.7. The largest absolute Gasteiger partial charge is 0.352 e. The summed E-state index contributed by atoms with van der Waals surface area (Å²) < 4.78 is 28.1. The first-order valence-electron chi connectivity index (χ1n) is 9.76. The number of nitrogens with one attached hydrogen (secondary N) is 2. The summed E-state index contributed by atoms with van der Waals surface area (Å²) in [6, 6.07) is 23.1. The van der Waals surface area contributed by atoms with Crippen LogP contribution in [-0.2, 0) is 27.8 Å². The summed E-state index contributed by atoms with van der Waals surface area (Å²) in [5.74, 6) is -0.110. The van der Waals surface area contributed by atoms with Crippen LogP contribution >= 0.6 is 0 Å². The highest BCUT2D eigenvalue weighted by molar-refractivity contribution is 7.92. The number of benzene rings is 3. The van der Waals surface area contributed by atoms with Crippen LogP contribution in [0.5, 0.6) is 0 Å². The average molecular weight is 432 g/mol. The second-order valence-electron chi connectivity index (χ2n) is 7.12. The number of carbonyl (C=O) groups excluding carboxylic acids is 1. The number of hydrogen-bond donors (Lipinski definition) is 2. The first kappa shape index (κ1) is 20.6. The normalized spacial score (nSPS) is 11.2. The lowest BCUT2D eigenvalue weighted by Gasteiger charge is -2.10. The molecule has 0 atom stereocenters. The summed E-state index contributed by atoms with van der Waals surface area (Å²) in [5, 5.41) is 4.70. The molecular formula is C24H21N3O3S. The fourth-order valence-electron chi connectivity index (χ4n) is 3.19. The maximum Gasteiger partial charge on any atom is 0.261 e. The number of pyridine rings is 1. The Labute approximate surface area is 181 Å². The maximum atomic E-state index is 12.7. The van der Waals surface area contributed by atoms with Crippen LogP contribution in [0.25, 0.3) is 10.8 Å². The summed E-state index contributed by atoms with van der Waals surface area (Å²) in [7, 11) is -3.71. The number of anilines is 1. The van der Waals surface area contributed by atoms with E-state index in [-0.39, 0.29) is 17.2 Å². The van der Waals surface area contributed by atoms with Crippen molar-refractivity contribution < 1.29 is 13.2 Å². The fourth-order valence-corrected chi connectivity index (χ4v) is 4.28. The van der Waals surface area contributed by atoms with E-state index < -0.39 is 10.0 Å². The van der Waals surface area contributed by atoms with E-state index in [4.69, 9.17) is 0 Å². The quantitative estimate of drug-likeness (QED) is 0.465. The number of aromatic nitrogens is 1. The van der Waals surface area contributed by atoms with E-state index in [0.29, 0.717) is 12.2 Å². The smallest absolute Gasteiger partial charge is 0.261 e. The summed E-state index contributed by atoms with van der Waals surface area (Å²) in [5.41, 5.74) is 2.21. The molecule has 0 bridgehead atoms. The molecule has 6 nitrogen and oxygen atoms in total. The predicted molar refractivity (Wildman–Crippen MR) is 121 cm³/mol. The molecule has 2 N–H and O–H groups in total. The van der Waals surface area contributed by atoms with Gasteiger partial charge in [-0.3, -0.25) is 14.5 Å². The van der Waals surface area contributed by atoms with E-state index in [1.54, 1.807) is 54.9 Å². The fraction of sp³-hybridized carbons (Fsp3) is 0.0833. The summed E-state index contributed by atoms with van der Waals surface area (Å²) in [4.78, 5) is 16.3. The molecule has 1 amide bonds. The van der Waals surface area contributed by atoms with Gasteiger partial charge in [0.15, 0.2) is 0 Å². The molecule has 0 aliphatic heterocycles. The van der Waals surface area contributed by atoms with Crippen molar-refractivity contribution in [2.24, 2.45) is 0 Å². The molecule has 1 aromatic heterocycles. The Morgan fingerprint density at radius 2 is 1.52 bits per heavy atom. The Kier molecular flexibility index (Phi) is 5.95. The Balaban J connectivity index is 1.38. The SMILES string of the molecule is O=C(Cc1ccc(NS(=O)(=O)c2ccc3ccccc3c2)cc1)NCc1ccncc1. The molecule has 7 heteroatoms. The molecule has 0 aliphatic carbocycles. The number of hydrogen-bond acceptors (Lipinski definition) is 4. The Hall–Kier alpha value is -3.71. The van der Waals surface area contributed by atoms with Crippen molar-refractivity contribution in [1.82, 2.24) is 10.3 Å². The van der Waals surface area contributed by atoms with Crippen molar-refractivity contribution in [3.63, 3.8) is 0 Å². The van der Waals surface area contributed by atoms with E-state index in [9.17, 15) is 13.2 Å². The molecule has 0 saturated heterocycles. The molecule has 156 valence electrons. The third-order valence-electron chi connectivity index (χ3n) is 4.84.